The van der Waals surface area contributed by atoms with E-state index in [-0.39, 0.29) is 12.5 Å². The van der Waals surface area contributed by atoms with Crippen molar-refractivity contribution in [3.8, 4) is 5.75 Å². The van der Waals surface area contributed by atoms with Gasteiger partial charge in [0, 0.05) is 6.21 Å². The van der Waals surface area contributed by atoms with E-state index in [9.17, 15) is 4.79 Å². The molecule has 0 aliphatic heterocycles. The second kappa shape index (κ2) is 8.35. The number of hydrazone groups is 1. The summed E-state index contributed by atoms with van der Waals surface area (Å²) in [5.74, 6) is 1.24. The van der Waals surface area contributed by atoms with Crippen LogP contribution in [0, 0.1) is 5.92 Å². The molecule has 1 atom stereocenters. The van der Waals surface area contributed by atoms with E-state index in [1.54, 1.807) is 6.21 Å². The number of ether oxygens (including phenoxy) is 1. The van der Waals surface area contributed by atoms with Crippen LogP contribution in [0.15, 0.2) is 29.4 Å². The van der Waals surface area contributed by atoms with E-state index in [0.717, 1.165) is 17.7 Å². The van der Waals surface area contributed by atoms with Gasteiger partial charge in [-0.2, -0.15) is 5.10 Å². The number of rotatable bonds is 7. The predicted octanol–water partition coefficient (Wildman–Crippen LogP) is 3.34. The molecule has 20 heavy (non-hydrogen) atoms. The summed E-state index contributed by atoms with van der Waals surface area (Å²) in [7, 11) is 0. The number of nitrogens with zero attached hydrogens (tertiary/aromatic N) is 1. The van der Waals surface area contributed by atoms with Crippen LogP contribution in [0.4, 0.5) is 0 Å². The zero-order valence-corrected chi connectivity index (χ0v) is 12.7. The van der Waals surface area contributed by atoms with E-state index in [1.807, 2.05) is 38.1 Å². The van der Waals surface area contributed by atoms with Crippen molar-refractivity contribution in [1.29, 1.82) is 0 Å². The average Bonchev–Trinajstić information content (AvgIpc) is 2.44. The van der Waals surface area contributed by atoms with Crippen LogP contribution in [0.3, 0.4) is 0 Å². The molecule has 110 valence electrons. The van der Waals surface area contributed by atoms with Gasteiger partial charge in [-0.25, -0.2) is 5.43 Å². The van der Waals surface area contributed by atoms with E-state index < -0.39 is 0 Å². The quantitative estimate of drug-likeness (QED) is 0.613. The fourth-order valence-corrected chi connectivity index (χ4v) is 1.67. The van der Waals surface area contributed by atoms with Crippen molar-refractivity contribution in [2.24, 2.45) is 11.0 Å². The number of para-hydroxylation sites is 1. The Bertz CT molecular complexity index is 456. The standard InChI is InChI=1S/C16H24N2O2/c1-5-13(4)14-8-6-7-9-15(14)20-11-16(19)18-17-10-12(2)3/h6-10,12-13H,5,11H2,1-4H3,(H,18,19). The summed E-state index contributed by atoms with van der Waals surface area (Å²) in [4.78, 5) is 11.6. The number of carbonyl (C=O) groups is 1. The Morgan fingerprint density at radius 2 is 2.05 bits per heavy atom. The summed E-state index contributed by atoms with van der Waals surface area (Å²) in [6, 6.07) is 7.84. The van der Waals surface area contributed by atoms with Crippen molar-refractivity contribution in [3.05, 3.63) is 29.8 Å². The Morgan fingerprint density at radius 3 is 2.70 bits per heavy atom. The van der Waals surface area contributed by atoms with Gasteiger partial charge in [0.2, 0.25) is 0 Å². The molecule has 0 radical (unpaired) electrons. The summed E-state index contributed by atoms with van der Waals surface area (Å²) < 4.78 is 5.59. The highest BCUT2D eigenvalue weighted by molar-refractivity contribution is 5.78. The van der Waals surface area contributed by atoms with Crippen LogP contribution in [0.25, 0.3) is 0 Å². The Hall–Kier alpha value is -1.84. The van der Waals surface area contributed by atoms with Gasteiger partial charge in [0.25, 0.3) is 5.91 Å². The molecule has 0 fully saturated rings. The van der Waals surface area contributed by atoms with Crippen LogP contribution in [0.5, 0.6) is 5.75 Å². The van der Waals surface area contributed by atoms with E-state index in [2.05, 4.69) is 24.4 Å². The Kier molecular flexibility index (Phi) is 6.77. The zero-order chi connectivity index (χ0) is 15.0. The lowest BCUT2D eigenvalue weighted by molar-refractivity contribution is -0.123. The van der Waals surface area contributed by atoms with Crippen molar-refractivity contribution >= 4 is 12.1 Å². The van der Waals surface area contributed by atoms with Gasteiger partial charge < -0.3 is 4.74 Å². The van der Waals surface area contributed by atoms with E-state index in [4.69, 9.17) is 4.74 Å². The average molecular weight is 276 g/mol. The molecule has 0 aliphatic rings. The van der Waals surface area contributed by atoms with Crippen LogP contribution in [0.2, 0.25) is 0 Å². The molecular weight excluding hydrogens is 252 g/mol. The first-order chi connectivity index (χ1) is 9.54. The molecule has 0 bridgehead atoms. The van der Waals surface area contributed by atoms with E-state index in [0.29, 0.717) is 11.8 Å². The highest BCUT2D eigenvalue weighted by Crippen LogP contribution is 2.28. The summed E-state index contributed by atoms with van der Waals surface area (Å²) in [5, 5.41) is 3.85. The Balaban J connectivity index is 2.55. The van der Waals surface area contributed by atoms with Crippen molar-refractivity contribution < 1.29 is 9.53 Å². The van der Waals surface area contributed by atoms with Crippen molar-refractivity contribution in [1.82, 2.24) is 5.43 Å². The lowest BCUT2D eigenvalue weighted by Crippen LogP contribution is -2.25. The van der Waals surface area contributed by atoms with Gasteiger partial charge in [-0.05, 0) is 29.9 Å². The maximum Gasteiger partial charge on any atom is 0.277 e. The summed E-state index contributed by atoms with van der Waals surface area (Å²) in [5.41, 5.74) is 3.59. The molecule has 1 aromatic carbocycles. The summed E-state index contributed by atoms with van der Waals surface area (Å²) in [6.45, 7) is 8.25. The lowest BCUT2D eigenvalue weighted by atomic mass is 9.98. The summed E-state index contributed by atoms with van der Waals surface area (Å²) in [6.07, 6.45) is 2.72. The molecule has 4 nitrogen and oxygen atoms in total. The van der Waals surface area contributed by atoms with E-state index in [1.165, 1.54) is 0 Å². The normalized spacial score (nSPS) is 12.7. The van der Waals surface area contributed by atoms with E-state index >= 15 is 0 Å². The predicted molar refractivity (Wildman–Crippen MR) is 82.1 cm³/mol. The Morgan fingerprint density at radius 1 is 1.35 bits per heavy atom. The smallest absolute Gasteiger partial charge is 0.277 e. The number of hydrogen-bond acceptors (Lipinski definition) is 3. The number of carbonyl (C=O) groups excluding carboxylic acids is 1. The third-order valence-electron chi connectivity index (χ3n) is 2.98. The molecule has 1 rings (SSSR count). The van der Waals surface area contributed by atoms with Crippen molar-refractivity contribution in [3.63, 3.8) is 0 Å². The number of hydrogen-bond donors (Lipinski definition) is 1. The minimum absolute atomic E-state index is 0.0249. The third kappa shape index (κ3) is 5.43. The topological polar surface area (TPSA) is 50.7 Å². The molecule has 1 aromatic rings. The number of benzene rings is 1. The highest BCUT2D eigenvalue weighted by Gasteiger charge is 2.10. The van der Waals surface area contributed by atoms with Crippen LogP contribution in [-0.2, 0) is 4.79 Å². The monoisotopic (exact) mass is 276 g/mol. The zero-order valence-electron chi connectivity index (χ0n) is 12.7. The molecule has 1 N–H and O–H groups in total. The maximum absolute atomic E-state index is 11.6. The molecule has 0 aliphatic carbocycles. The van der Waals surface area contributed by atoms with Gasteiger partial charge in [0.15, 0.2) is 6.61 Å². The van der Waals surface area contributed by atoms with Gasteiger partial charge in [0.05, 0.1) is 0 Å². The number of amides is 1. The minimum atomic E-state index is -0.249. The van der Waals surface area contributed by atoms with Crippen molar-refractivity contribution in [2.45, 2.75) is 40.0 Å². The minimum Gasteiger partial charge on any atom is -0.483 e. The van der Waals surface area contributed by atoms with Gasteiger partial charge in [0.1, 0.15) is 5.75 Å². The molecule has 0 heterocycles. The molecule has 1 unspecified atom stereocenters. The van der Waals surface area contributed by atoms with Gasteiger partial charge in [-0.3, -0.25) is 4.79 Å². The van der Waals surface area contributed by atoms with Crippen LogP contribution < -0.4 is 10.2 Å². The second-order valence-electron chi connectivity index (χ2n) is 5.19. The first kappa shape index (κ1) is 16.2. The first-order valence-electron chi connectivity index (χ1n) is 7.08. The lowest BCUT2D eigenvalue weighted by Gasteiger charge is -2.15. The van der Waals surface area contributed by atoms with Crippen LogP contribution >= 0.6 is 0 Å². The van der Waals surface area contributed by atoms with Gasteiger partial charge in [-0.15, -0.1) is 0 Å². The SMILES string of the molecule is CCC(C)c1ccccc1OCC(=O)NN=CC(C)C. The van der Waals surface area contributed by atoms with Crippen LogP contribution in [-0.4, -0.2) is 18.7 Å². The molecule has 0 saturated heterocycles. The number of nitrogens with one attached hydrogen (secondary N) is 1. The largest absolute Gasteiger partial charge is 0.483 e. The fourth-order valence-electron chi connectivity index (χ4n) is 1.67. The summed E-state index contributed by atoms with van der Waals surface area (Å²) >= 11 is 0. The Labute approximate surface area is 121 Å². The third-order valence-corrected chi connectivity index (χ3v) is 2.98. The van der Waals surface area contributed by atoms with Gasteiger partial charge in [-0.1, -0.05) is 45.9 Å². The molecular formula is C16H24N2O2. The fraction of sp³-hybridized carbons (Fsp3) is 0.500. The molecule has 0 spiro atoms. The van der Waals surface area contributed by atoms with Gasteiger partial charge >= 0.3 is 0 Å². The first-order valence-corrected chi connectivity index (χ1v) is 7.08. The maximum atomic E-state index is 11.6. The molecule has 0 aromatic heterocycles. The highest BCUT2D eigenvalue weighted by atomic mass is 16.5. The molecule has 1 amide bonds. The van der Waals surface area contributed by atoms with Crippen molar-refractivity contribution in [2.75, 3.05) is 6.61 Å². The van der Waals surface area contributed by atoms with Crippen LogP contribution in [0.1, 0.15) is 45.6 Å². The molecule has 0 saturated carbocycles. The molecule has 4 heteroatoms. The second-order valence-corrected chi connectivity index (χ2v) is 5.19.